The Bertz CT molecular complexity index is 1360. The van der Waals surface area contributed by atoms with Gasteiger partial charge >= 0.3 is 0 Å². The van der Waals surface area contributed by atoms with Gasteiger partial charge in [-0.05, 0) is 101 Å². The smallest absolute Gasteiger partial charge is 0.0426 e. The van der Waals surface area contributed by atoms with Crippen LogP contribution in [0.3, 0.4) is 0 Å². The van der Waals surface area contributed by atoms with Gasteiger partial charge in [0.15, 0.2) is 0 Å². The fraction of sp³-hybridized carbons (Fsp3) is 0.294. The lowest BCUT2D eigenvalue weighted by Gasteiger charge is -2.29. The van der Waals surface area contributed by atoms with Crippen LogP contribution in [0.1, 0.15) is 11.1 Å². The number of piperazine rings is 2. The minimum absolute atomic E-state index is 0.634. The number of hydrogen-bond acceptors (Lipinski definition) is 6. The molecule has 0 unspecified atom stereocenters. The third-order valence-electron chi connectivity index (χ3n) is 7.94. The molecule has 2 aliphatic heterocycles. The fourth-order valence-corrected chi connectivity index (χ4v) is 6.21. The average Bonchev–Trinajstić information content (AvgIpc) is 3.04. The topological polar surface area (TPSA) is 54.6 Å². The molecule has 0 atom stereocenters. The van der Waals surface area contributed by atoms with Gasteiger partial charge in [-0.2, -0.15) is 0 Å². The molecule has 2 saturated heterocycles. The first-order valence-corrected chi connectivity index (χ1v) is 15.5. The van der Waals surface area contributed by atoms with Crippen molar-refractivity contribution in [3.63, 3.8) is 0 Å². The van der Waals surface area contributed by atoms with E-state index in [0.29, 0.717) is 23.1 Å². The van der Waals surface area contributed by atoms with Crippen LogP contribution in [0.4, 0.5) is 22.7 Å². The Hall–Kier alpha value is -3.42. The van der Waals surface area contributed by atoms with E-state index in [1.165, 1.54) is 22.5 Å². The highest BCUT2D eigenvalue weighted by atomic mass is 35.5. The molecule has 0 amide bonds. The van der Waals surface area contributed by atoms with Crippen molar-refractivity contribution < 1.29 is 0 Å². The summed E-state index contributed by atoms with van der Waals surface area (Å²) in [6.07, 6.45) is 0. The molecule has 8 heteroatoms. The van der Waals surface area contributed by atoms with Gasteiger partial charge in [0.05, 0.1) is 0 Å². The second kappa shape index (κ2) is 13.7. The molecule has 6 nitrogen and oxygen atoms in total. The molecule has 0 saturated carbocycles. The molecule has 0 bridgehead atoms. The lowest BCUT2D eigenvalue weighted by molar-refractivity contribution is 0.589. The Kier molecular flexibility index (Phi) is 9.36. The first-order valence-electron chi connectivity index (χ1n) is 14.8. The summed E-state index contributed by atoms with van der Waals surface area (Å²) in [7, 11) is 0. The lowest BCUT2D eigenvalue weighted by Crippen LogP contribution is -2.43. The minimum atomic E-state index is 0.634. The molecule has 4 aromatic carbocycles. The standard InChI is InChI=1S/C34H38Cl2N6/c35-29-20-28(21-30(36)22-29)27-18-25(23-39-31-1-5-33(6-2-31)41-13-9-37-10-14-41)17-26(19-27)24-40-32-3-7-34(8-4-32)42-15-11-38-12-16-42/h1-8,17-22,37-40H,9-16,23-24H2. The van der Waals surface area contributed by atoms with E-state index in [1.54, 1.807) is 6.07 Å². The number of nitrogens with one attached hydrogen (secondary N) is 4. The van der Waals surface area contributed by atoms with Crippen LogP contribution in [-0.2, 0) is 13.1 Å². The van der Waals surface area contributed by atoms with Crippen molar-refractivity contribution in [3.05, 3.63) is 106 Å². The SMILES string of the molecule is Clc1cc(Cl)cc(-c2cc(CNc3ccc(N4CCNCC4)cc3)cc(CNc3ccc(N4CCNCC4)cc3)c2)c1. The van der Waals surface area contributed by atoms with Gasteiger partial charge in [-0.15, -0.1) is 0 Å². The van der Waals surface area contributed by atoms with Gasteiger partial charge in [0.1, 0.15) is 0 Å². The Balaban J connectivity index is 1.17. The predicted octanol–water partition coefficient (Wildman–Crippen LogP) is 6.70. The van der Waals surface area contributed by atoms with Crippen LogP contribution in [0.25, 0.3) is 11.1 Å². The van der Waals surface area contributed by atoms with Gasteiger partial charge in [0.2, 0.25) is 0 Å². The summed E-state index contributed by atoms with van der Waals surface area (Å²) in [6.45, 7) is 9.74. The van der Waals surface area contributed by atoms with E-state index in [-0.39, 0.29) is 0 Å². The van der Waals surface area contributed by atoms with Gasteiger partial charge < -0.3 is 31.1 Å². The Morgan fingerprint density at radius 3 is 1.36 bits per heavy atom. The number of rotatable bonds is 9. The van der Waals surface area contributed by atoms with Crippen LogP contribution in [0.2, 0.25) is 10.0 Å². The van der Waals surface area contributed by atoms with Crippen molar-refractivity contribution in [2.24, 2.45) is 0 Å². The third kappa shape index (κ3) is 7.50. The lowest BCUT2D eigenvalue weighted by atomic mass is 9.99. The highest BCUT2D eigenvalue weighted by molar-refractivity contribution is 6.35. The molecule has 4 aromatic rings. The number of anilines is 4. The van der Waals surface area contributed by atoms with Gasteiger partial charge in [-0.25, -0.2) is 0 Å². The Morgan fingerprint density at radius 1 is 0.524 bits per heavy atom. The highest BCUT2D eigenvalue weighted by Crippen LogP contribution is 2.30. The van der Waals surface area contributed by atoms with Crippen LogP contribution < -0.4 is 31.1 Å². The quantitative estimate of drug-likeness (QED) is 0.171. The first-order chi connectivity index (χ1) is 20.6. The number of benzene rings is 4. The summed E-state index contributed by atoms with van der Waals surface area (Å²) >= 11 is 12.8. The van der Waals surface area contributed by atoms with E-state index < -0.39 is 0 Å². The highest BCUT2D eigenvalue weighted by Gasteiger charge is 2.12. The summed E-state index contributed by atoms with van der Waals surface area (Å²) in [5.41, 5.74) is 9.26. The second-order valence-electron chi connectivity index (χ2n) is 11.0. The maximum Gasteiger partial charge on any atom is 0.0426 e. The van der Waals surface area contributed by atoms with Crippen molar-refractivity contribution in [2.45, 2.75) is 13.1 Å². The summed E-state index contributed by atoms with van der Waals surface area (Å²) < 4.78 is 0. The summed E-state index contributed by atoms with van der Waals surface area (Å²) in [4.78, 5) is 4.86. The normalized spacial score (nSPS) is 15.5. The molecule has 2 fully saturated rings. The monoisotopic (exact) mass is 600 g/mol. The van der Waals surface area contributed by atoms with Crippen molar-refractivity contribution in [2.75, 3.05) is 72.8 Å². The molecule has 2 aliphatic rings. The summed E-state index contributed by atoms with van der Waals surface area (Å²) in [6, 6.07) is 29.9. The zero-order valence-corrected chi connectivity index (χ0v) is 25.3. The zero-order chi connectivity index (χ0) is 28.7. The van der Waals surface area contributed by atoms with Crippen LogP contribution in [-0.4, -0.2) is 52.4 Å². The zero-order valence-electron chi connectivity index (χ0n) is 23.8. The molecular formula is C34H38Cl2N6. The molecule has 0 radical (unpaired) electrons. The van der Waals surface area contributed by atoms with E-state index in [0.717, 1.165) is 74.9 Å². The van der Waals surface area contributed by atoms with Crippen molar-refractivity contribution in [1.82, 2.24) is 10.6 Å². The molecule has 4 N–H and O–H groups in total. The molecule has 0 aliphatic carbocycles. The number of nitrogens with zero attached hydrogens (tertiary/aromatic N) is 2. The van der Waals surface area contributed by atoms with Crippen LogP contribution >= 0.6 is 23.2 Å². The Morgan fingerprint density at radius 2 is 0.929 bits per heavy atom. The Labute approximate surface area is 259 Å². The van der Waals surface area contributed by atoms with Crippen molar-refractivity contribution >= 4 is 46.0 Å². The average molecular weight is 602 g/mol. The molecule has 42 heavy (non-hydrogen) atoms. The largest absolute Gasteiger partial charge is 0.381 e. The summed E-state index contributed by atoms with van der Waals surface area (Å²) in [5.74, 6) is 0. The van der Waals surface area contributed by atoms with Crippen molar-refractivity contribution in [1.29, 1.82) is 0 Å². The second-order valence-corrected chi connectivity index (χ2v) is 11.8. The molecule has 0 spiro atoms. The number of halogens is 2. The predicted molar refractivity (Wildman–Crippen MR) is 180 cm³/mol. The molecule has 218 valence electrons. The van der Waals surface area contributed by atoms with Crippen molar-refractivity contribution in [3.8, 4) is 11.1 Å². The van der Waals surface area contributed by atoms with Crippen LogP contribution in [0.5, 0.6) is 0 Å². The van der Waals surface area contributed by atoms with E-state index in [1.807, 2.05) is 12.1 Å². The van der Waals surface area contributed by atoms with Gasteiger partial charge in [0.25, 0.3) is 0 Å². The minimum Gasteiger partial charge on any atom is -0.381 e. The maximum atomic E-state index is 6.38. The first kappa shape index (κ1) is 28.7. The van der Waals surface area contributed by atoms with Crippen LogP contribution in [0.15, 0.2) is 84.9 Å². The molecule has 0 aromatic heterocycles. The van der Waals surface area contributed by atoms with E-state index in [2.05, 4.69) is 97.8 Å². The molecule has 2 heterocycles. The molecular weight excluding hydrogens is 563 g/mol. The van der Waals surface area contributed by atoms with E-state index >= 15 is 0 Å². The third-order valence-corrected chi connectivity index (χ3v) is 8.38. The fourth-order valence-electron chi connectivity index (χ4n) is 5.69. The molecule has 6 rings (SSSR count). The maximum absolute atomic E-state index is 6.38. The number of hydrogen-bond donors (Lipinski definition) is 4. The van der Waals surface area contributed by atoms with Gasteiger partial charge in [0, 0.05) is 98.2 Å². The van der Waals surface area contributed by atoms with Gasteiger partial charge in [-0.3, -0.25) is 0 Å². The van der Waals surface area contributed by atoms with Crippen LogP contribution in [0, 0.1) is 0 Å². The van der Waals surface area contributed by atoms with E-state index in [4.69, 9.17) is 23.2 Å². The van der Waals surface area contributed by atoms with Gasteiger partial charge in [-0.1, -0.05) is 29.3 Å². The summed E-state index contributed by atoms with van der Waals surface area (Å²) in [5, 5.41) is 15.3. The van der Waals surface area contributed by atoms with E-state index in [9.17, 15) is 0 Å².